The molecule has 0 radical (unpaired) electrons. The summed E-state index contributed by atoms with van der Waals surface area (Å²) in [4.78, 5) is 9.54. The highest BCUT2D eigenvalue weighted by Gasteiger charge is 2.31. The Morgan fingerprint density at radius 3 is 2.38 bits per heavy atom. The first-order valence-corrected chi connectivity index (χ1v) is 16.2. The molecule has 8 heteroatoms. The van der Waals surface area contributed by atoms with Crippen LogP contribution in [0, 0.1) is 0 Å². The van der Waals surface area contributed by atoms with E-state index in [0.717, 1.165) is 50.1 Å². The number of benzene rings is 3. The van der Waals surface area contributed by atoms with Gasteiger partial charge in [-0.3, -0.25) is 4.98 Å². The van der Waals surface area contributed by atoms with Gasteiger partial charge in [0, 0.05) is 54.0 Å². The average Bonchev–Trinajstić information content (AvgIpc) is 3.36. The molecule has 0 bridgehead atoms. The highest BCUT2D eigenvalue weighted by atomic mass is 32.2. The SMILES string of the molecule is Cn1ccnc1C(=Cc1cccc(-c2cc(C(C)(C)[S+](C)[O-])cc3cccnc23)c1)c1ccc(S(C)(=O)=O)cc1. The van der Waals surface area contributed by atoms with Crippen LogP contribution in [0.4, 0.5) is 0 Å². The van der Waals surface area contributed by atoms with Crippen molar-refractivity contribution in [3.05, 3.63) is 114 Å². The summed E-state index contributed by atoms with van der Waals surface area (Å²) < 4.78 is 38.1. The lowest BCUT2D eigenvalue weighted by Crippen LogP contribution is -2.28. The van der Waals surface area contributed by atoms with Gasteiger partial charge in [-0.05, 0) is 84.2 Å². The maximum absolute atomic E-state index is 12.6. The van der Waals surface area contributed by atoms with Gasteiger partial charge >= 0.3 is 0 Å². The minimum Gasteiger partial charge on any atom is -0.616 e. The topological polar surface area (TPSA) is 87.9 Å². The summed E-state index contributed by atoms with van der Waals surface area (Å²) in [5.74, 6) is 0.763. The zero-order valence-electron chi connectivity index (χ0n) is 23.1. The van der Waals surface area contributed by atoms with E-state index in [4.69, 9.17) is 4.98 Å². The summed E-state index contributed by atoms with van der Waals surface area (Å²) in [6.07, 6.45) is 10.4. The molecule has 40 heavy (non-hydrogen) atoms. The van der Waals surface area contributed by atoms with E-state index in [0.29, 0.717) is 0 Å². The van der Waals surface area contributed by atoms with Crippen LogP contribution in [0.15, 0.2) is 96.3 Å². The summed E-state index contributed by atoms with van der Waals surface area (Å²) >= 11 is -1.07. The van der Waals surface area contributed by atoms with Crippen LogP contribution in [-0.4, -0.2) is 40.0 Å². The lowest BCUT2D eigenvalue weighted by atomic mass is 9.92. The molecule has 0 fully saturated rings. The molecule has 0 saturated heterocycles. The molecule has 5 rings (SSSR count). The lowest BCUT2D eigenvalue weighted by Gasteiger charge is -2.27. The third kappa shape index (κ3) is 5.47. The van der Waals surface area contributed by atoms with Crippen molar-refractivity contribution in [3.8, 4) is 11.1 Å². The van der Waals surface area contributed by atoms with E-state index >= 15 is 0 Å². The second kappa shape index (κ2) is 10.7. The van der Waals surface area contributed by atoms with Gasteiger partial charge in [0.1, 0.15) is 10.6 Å². The molecule has 0 saturated carbocycles. The Hall–Kier alpha value is -3.72. The molecule has 2 heterocycles. The van der Waals surface area contributed by atoms with Crippen molar-refractivity contribution < 1.29 is 13.0 Å². The number of imidazole rings is 1. The molecule has 0 aliphatic carbocycles. The quantitative estimate of drug-likeness (QED) is 0.171. The van der Waals surface area contributed by atoms with Crippen LogP contribution in [0.1, 0.15) is 36.4 Å². The van der Waals surface area contributed by atoms with Crippen molar-refractivity contribution in [2.24, 2.45) is 7.05 Å². The molecule has 3 aromatic carbocycles. The van der Waals surface area contributed by atoms with Crippen LogP contribution < -0.4 is 0 Å². The van der Waals surface area contributed by atoms with Gasteiger partial charge in [-0.15, -0.1) is 0 Å². The number of nitrogens with zero attached hydrogens (tertiary/aromatic N) is 3. The van der Waals surface area contributed by atoms with E-state index in [1.807, 2.05) is 68.1 Å². The normalized spacial score (nSPS) is 13.5. The van der Waals surface area contributed by atoms with Crippen molar-refractivity contribution in [1.29, 1.82) is 0 Å². The van der Waals surface area contributed by atoms with E-state index in [2.05, 4.69) is 35.3 Å². The predicted octanol–water partition coefficient (Wildman–Crippen LogP) is 6.24. The van der Waals surface area contributed by atoms with Crippen LogP contribution in [-0.2, 0) is 32.8 Å². The van der Waals surface area contributed by atoms with Crippen molar-refractivity contribution in [1.82, 2.24) is 14.5 Å². The van der Waals surface area contributed by atoms with E-state index in [1.165, 1.54) is 6.26 Å². The van der Waals surface area contributed by atoms with Gasteiger partial charge in [-0.1, -0.05) is 36.4 Å². The van der Waals surface area contributed by atoms with Gasteiger partial charge in [0.25, 0.3) is 0 Å². The molecular formula is C32H31N3O3S2. The van der Waals surface area contributed by atoms with Crippen molar-refractivity contribution in [2.45, 2.75) is 23.5 Å². The molecule has 1 atom stereocenters. The molecule has 0 N–H and O–H groups in total. The number of hydrogen-bond acceptors (Lipinski definition) is 5. The van der Waals surface area contributed by atoms with Crippen LogP contribution in [0.2, 0.25) is 0 Å². The number of aromatic nitrogens is 3. The first-order chi connectivity index (χ1) is 18.9. The summed E-state index contributed by atoms with van der Waals surface area (Å²) in [5.41, 5.74) is 6.50. The predicted molar refractivity (Wildman–Crippen MR) is 164 cm³/mol. The third-order valence-electron chi connectivity index (χ3n) is 7.28. The summed E-state index contributed by atoms with van der Waals surface area (Å²) in [7, 11) is -1.37. The summed E-state index contributed by atoms with van der Waals surface area (Å²) in [6.45, 7) is 4.00. The maximum Gasteiger partial charge on any atom is 0.175 e. The zero-order chi connectivity index (χ0) is 28.7. The van der Waals surface area contributed by atoms with Gasteiger partial charge < -0.3 is 9.12 Å². The largest absolute Gasteiger partial charge is 0.616 e. The van der Waals surface area contributed by atoms with Crippen LogP contribution in [0.3, 0.4) is 0 Å². The number of rotatable bonds is 7. The van der Waals surface area contributed by atoms with Crippen molar-refractivity contribution in [2.75, 3.05) is 12.5 Å². The van der Waals surface area contributed by atoms with Crippen LogP contribution in [0.5, 0.6) is 0 Å². The Kier molecular flexibility index (Phi) is 7.44. The number of sulfone groups is 1. The summed E-state index contributed by atoms with van der Waals surface area (Å²) in [5, 5.41) is 0.995. The fraction of sp³-hybridized carbons (Fsp3) is 0.188. The zero-order valence-corrected chi connectivity index (χ0v) is 24.8. The molecule has 5 aromatic rings. The molecule has 0 amide bonds. The van der Waals surface area contributed by atoms with Gasteiger partial charge in [0.05, 0.1) is 16.7 Å². The Labute approximate surface area is 238 Å². The Bertz CT molecular complexity index is 1840. The van der Waals surface area contributed by atoms with Crippen LogP contribution in [0.25, 0.3) is 33.7 Å². The van der Waals surface area contributed by atoms with Crippen molar-refractivity contribution >= 4 is 43.6 Å². The third-order valence-corrected chi connectivity index (χ3v) is 10.1. The Balaban J connectivity index is 1.67. The monoisotopic (exact) mass is 569 g/mol. The summed E-state index contributed by atoms with van der Waals surface area (Å²) in [6, 6.07) is 23.2. The molecule has 0 spiro atoms. The van der Waals surface area contributed by atoms with Gasteiger partial charge in [-0.2, -0.15) is 0 Å². The maximum atomic E-state index is 12.6. The number of pyridine rings is 1. The number of aryl methyl sites for hydroxylation is 1. The first-order valence-electron chi connectivity index (χ1n) is 12.8. The standard InChI is InChI=1S/C32H31N3O3S2/c1-32(2,39(4)36)26-20-25-10-7-15-33-30(25)28(21-26)24-9-6-8-22(18-24)19-29(31-34-16-17-35(31)3)23-11-13-27(14-12-23)40(5,37)38/h6-21H,1-5H3. The molecule has 6 nitrogen and oxygen atoms in total. The lowest BCUT2D eigenvalue weighted by molar-refractivity contribution is 0.561. The highest BCUT2D eigenvalue weighted by Crippen LogP contribution is 2.37. The molecule has 2 aromatic heterocycles. The second-order valence-electron chi connectivity index (χ2n) is 10.4. The molecule has 0 aliphatic heterocycles. The minimum absolute atomic E-state index is 0.271. The molecule has 1 unspecified atom stereocenters. The van der Waals surface area contributed by atoms with E-state index in [-0.39, 0.29) is 4.90 Å². The average molecular weight is 570 g/mol. The molecular weight excluding hydrogens is 539 g/mol. The highest BCUT2D eigenvalue weighted by molar-refractivity contribution is 7.91. The van der Waals surface area contributed by atoms with Gasteiger partial charge in [0.2, 0.25) is 0 Å². The van der Waals surface area contributed by atoms with Gasteiger partial charge in [0.15, 0.2) is 9.84 Å². The first kappa shape index (κ1) is 27.8. The van der Waals surface area contributed by atoms with E-state index in [9.17, 15) is 13.0 Å². The number of hydrogen-bond donors (Lipinski definition) is 0. The minimum atomic E-state index is -3.31. The Morgan fingerprint density at radius 1 is 0.975 bits per heavy atom. The smallest absolute Gasteiger partial charge is 0.175 e. The Morgan fingerprint density at radius 2 is 1.73 bits per heavy atom. The second-order valence-corrected chi connectivity index (χ2v) is 14.3. The number of fused-ring (bicyclic) bond motifs is 1. The molecule has 0 aliphatic rings. The fourth-order valence-electron chi connectivity index (χ4n) is 4.67. The van der Waals surface area contributed by atoms with Crippen LogP contribution >= 0.6 is 0 Å². The van der Waals surface area contributed by atoms with Crippen molar-refractivity contribution in [3.63, 3.8) is 0 Å². The van der Waals surface area contributed by atoms with E-state index < -0.39 is 25.8 Å². The fourth-order valence-corrected chi connectivity index (χ4v) is 5.75. The van der Waals surface area contributed by atoms with Gasteiger partial charge in [-0.25, -0.2) is 13.4 Å². The molecule has 204 valence electrons. The van der Waals surface area contributed by atoms with E-state index in [1.54, 1.807) is 30.8 Å².